The van der Waals surface area contributed by atoms with Crippen LogP contribution >= 0.6 is 38.5 Å². The first-order valence-electron chi connectivity index (χ1n) is 3.44. The SMILES string of the molecule is Cc1cc(C#N)cc(I)c1CBr. The third-order valence-electron chi connectivity index (χ3n) is 1.68. The van der Waals surface area contributed by atoms with Gasteiger partial charge in [-0.2, -0.15) is 5.26 Å². The molecule has 0 aliphatic rings. The highest BCUT2D eigenvalue weighted by atomic mass is 127. The van der Waals surface area contributed by atoms with Crippen LogP contribution in [0.25, 0.3) is 0 Å². The van der Waals surface area contributed by atoms with E-state index in [0.29, 0.717) is 0 Å². The van der Waals surface area contributed by atoms with Crippen molar-refractivity contribution in [1.82, 2.24) is 0 Å². The smallest absolute Gasteiger partial charge is 0.0992 e. The Balaban J connectivity index is 3.30. The molecule has 0 atom stereocenters. The molecule has 0 fully saturated rings. The van der Waals surface area contributed by atoms with Gasteiger partial charge in [0.1, 0.15) is 0 Å². The van der Waals surface area contributed by atoms with Crippen molar-refractivity contribution in [3.8, 4) is 6.07 Å². The number of halogens is 2. The highest BCUT2D eigenvalue weighted by Crippen LogP contribution is 2.21. The summed E-state index contributed by atoms with van der Waals surface area (Å²) in [7, 11) is 0. The molecule has 3 heteroatoms. The summed E-state index contributed by atoms with van der Waals surface area (Å²) in [5.41, 5.74) is 3.19. The molecule has 0 aliphatic heterocycles. The van der Waals surface area contributed by atoms with Gasteiger partial charge in [-0.3, -0.25) is 0 Å². The summed E-state index contributed by atoms with van der Waals surface area (Å²) in [5.74, 6) is 0. The van der Waals surface area contributed by atoms with Gasteiger partial charge in [0.05, 0.1) is 11.6 Å². The standard InChI is InChI=1S/C9H7BrIN/c1-6-2-7(5-12)3-9(11)8(6)4-10/h2-3H,4H2,1H3. The Labute approximate surface area is 94.0 Å². The van der Waals surface area contributed by atoms with Crippen molar-refractivity contribution < 1.29 is 0 Å². The van der Waals surface area contributed by atoms with Gasteiger partial charge in [0.15, 0.2) is 0 Å². The molecule has 0 aliphatic carbocycles. The average Bonchev–Trinajstić information content (AvgIpc) is 2.03. The van der Waals surface area contributed by atoms with Crippen molar-refractivity contribution >= 4 is 38.5 Å². The van der Waals surface area contributed by atoms with Gasteiger partial charge in [-0.15, -0.1) is 0 Å². The molecule has 62 valence electrons. The molecule has 1 rings (SSSR count). The summed E-state index contributed by atoms with van der Waals surface area (Å²) in [5, 5.41) is 9.54. The lowest BCUT2D eigenvalue weighted by molar-refractivity contribution is 1.28. The molecule has 0 amide bonds. The van der Waals surface area contributed by atoms with Gasteiger partial charge in [0.2, 0.25) is 0 Å². The number of hydrogen-bond donors (Lipinski definition) is 0. The third kappa shape index (κ3) is 1.99. The molecule has 0 spiro atoms. The van der Waals surface area contributed by atoms with Gasteiger partial charge < -0.3 is 0 Å². The van der Waals surface area contributed by atoms with Gasteiger partial charge >= 0.3 is 0 Å². The van der Waals surface area contributed by atoms with Crippen LogP contribution in [-0.2, 0) is 5.33 Å². The number of alkyl halides is 1. The van der Waals surface area contributed by atoms with Crippen LogP contribution in [0.15, 0.2) is 12.1 Å². The van der Waals surface area contributed by atoms with Crippen LogP contribution in [0, 0.1) is 21.8 Å². The summed E-state index contributed by atoms with van der Waals surface area (Å²) < 4.78 is 1.15. The molecular weight excluding hydrogens is 329 g/mol. The number of nitriles is 1. The number of aryl methyl sites for hydroxylation is 1. The zero-order chi connectivity index (χ0) is 9.14. The van der Waals surface area contributed by atoms with Gasteiger partial charge in [-0.05, 0) is 52.8 Å². The van der Waals surface area contributed by atoms with Crippen molar-refractivity contribution in [2.75, 3.05) is 0 Å². The Morgan fingerprint density at radius 2 is 2.25 bits per heavy atom. The van der Waals surface area contributed by atoms with E-state index in [2.05, 4.69) is 44.6 Å². The first kappa shape index (κ1) is 10.0. The van der Waals surface area contributed by atoms with Crippen molar-refractivity contribution in [2.24, 2.45) is 0 Å². The van der Waals surface area contributed by atoms with Crippen molar-refractivity contribution in [1.29, 1.82) is 5.26 Å². The maximum absolute atomic E-state index is 8.69. The quantitative estimate of drug-likeness (QED) is 0.570. The van der Waals surface area contributed by atoms with E-state index in [-0.39, 0.29) is 0 Å². The summed E-state index contributed by atoms with van der Waals surface area (Å²) >= 11 is 5.67. The minimum absolute atomic E-state index is 0.738. The first-order chi connectivity index (χ1) is 5.69. The van der Waals surface area contributed by atoms with E-state index in [9.17, 15) is 0 Å². The maximum atomic E-state index is 8.69. The molecule has 0 bridgehead atoms. The molecule has 0 saturated heterocycles. The number of nitrogens with zero attached hydrogens (tertiary/aromatic N) is 1. The fourth-order valence-electron chi connectivity index (χ4n) is 1.01. The molecule has 0 saturated carbocycles. The maximum Gasteiger partial charge on any atom is 0.0992 e. The minimum atomic E-state index is 0.738. The highest BCUT2D eigenvalue weighted by Gasteiger charge is 2.03. The second-order valence-electron chi connectivity index (χ2n) is 2.50. The lowest BCUT2D eigenvalue weighted by Crippen LogP contribution is -1.91. The molecule has 1 aromatic rings. The first-order valence-corrected chi connectivity index (χ1v) is 5.64. The fraction of sp³-hybridized carbons (Fsp3) is 0.222. The van der Waals surface area contributed by atoms with E-state index >= 15 is 0 Å². The lowest BCUT2D eigenvalue weighted by atomic mass is 10.1. The van der Waals surface area contributed by atoms with Crippen LogP contribution < -0.4 is 0 Å². The highest BCUT2D eigenvalue weighted by molar-refractivity contribution is 14.1. The van der Waals surface area contributed by atoms with E-state index in [0.717, 1.165) is 14.5 Å². The lowest BCUT2D eigenvalue weighted by Gasteiger charge is -2.04. The molecule has 0 radical (unpaired) electrons. The van der Waals surface area contributed by atoms with Crippen LogP contribution in [0.3, 0.4) is 0 Å². The van der Waals surface area contributed by atoms with E-state index in [1.165, 1.54) is 11.1 Å². The van der Waals surface area contributed by atoms with E-state index < -0.39 is 0 Å². The molecule has 1 aromatic carbocycles. The summed E-state index contributed by atoms with van der Waals surface area (Å²) in [4.78, 5) is 0. The predicted molar refractivity (Wildman–Crippen MR) is 61.2 cm³/mol. The molecule has 12 heavy (non-hydrogen) atoms. The Morgan fingerprint density at radius 1 is 1.58 bits per heavy atom. The van der Waals surface area contributed by atoms with Crippen LogP contribution in [0.4, 0.5) is 0 Å². The molecule has 1 nitrogen and oxygen atoms in total. The molecular formula is C9H7BrIN. The van der Waals surface area contributed by atoms with Crippen molar-refractivity contribution in [3.63, 3.8) is 0 Å². The van der Waals surface area contributed by atoms with Crippen LogP contribution in [0.5, 0.6) is 0 Å². The van der Waals surface area contributed by atoms with E-state index in [4.69, 9.17) is 5.26 Å². The fourth-order valence-corrected chi connectivity index (χ4v) is 3.23. The molecule has 0 N–H and O–H groups in total. The van der Waals surface area contributed by atoms with E-state index in [1.807, 2.05) is 19.1 Å². The molecule has 0 heterocycles. The Morgan fingerprint density at radius 3 is 2.67 bits per heavy atom. The van der Waals surface area contributed by atoms with Gasteiger partial charge in [-0.1, -0.05) is 15.9 Å². The van der Waals surface area contributed by atoms with Gasteiger partial charge in [0, 0.05) is 8.90 Å². The minimum Gasteiger partial charge on any atom is -0.192 e. The van der Waals surface area contributed by atoms with Crippen LogP contribution in [0.1, 0.15) is 16.7 Å². The third-order valence-corrected chi connectivity index (χ3v) is 3.20. The van der Waals surface area contributed by atoms with Crippen LogP contribution in [0.2, 0.25) is 0 Å². The summed E-state index contributed by atoms with van der Waals surface area (Å²) in [6.07, 6.45) is 0. The van der Waals surface area contributed by atoms with Gasteiger partial charge in [-0.25, -0.2) is 0 Å². The van der Waals surface area contributed by atoms with Gasteiger partial charge in [0.25, 0.3) is 0 Å². The second-order valence-corrected chi connectivity index (χ2v) is 4.22. The monoisotopic (exact) mass is 335 g/mol. The van der Waals surface area contributed by atoms with E-state index in [1.54, 1.807) is 0 Å². The average molecular weight is 336 g/mol. The Hall–Kier alpha value is -0.0800. The zero-order valence-electron chi connectivity index (χ0n) is 6.56. The molecule has 0 unspecified atom stereocenters. The Bertz CT molecular complexity index is 318. The molecule has 0 aromatic heterocycles. The normalized spacial score (nSPS) is 9.50. The van der Waals surface area contributed by atoms with Crippen LogP contribution in [-0.4, -0.2) is 0 Å². The number of hydrogen-bond acceptors (Lipinski definition) is 1. The second kappa shape index (κ2) is 4.24. The topological polar surface area (TPSA) is 23.8 Å². The summed E-state index contributed by atoms with van der Waals surface area (Å²) in [6, 6.07) is 5.96. The zero-order valence-corrected chi connectivity index (χ0v) is 10.3. The number of benzene rings is 1. The predicted octanol–water partition coefficient (Wildman–Crippen LogP) is 3.37. The summed E-state index contributed by atoms with van der Waals surface area (Å²) in [6.45, 7) is 2.03. The van der Waals surface area contributed by atoms with Crippen molar-refractivity contribution in [3.05, 3.63) is 32.4 Å². The Kier molecular flexibility index (Phi) is 3.53. The largest absolute Gasteiger partial charge is 0.192 e. The van der Waals surface area contributed by atoms with Crippen molar-refractivity contribution in [2.45, 2.75) is 12.3 Å². The number of rotatable bonds is 1.